The highest BCUT2D eigenvalue weighted by Crippen LogP contribution is 2.24. The molecule has 31 heavy (non-hydrogen) atoms. The molecule has 3 aromatic carbocycles. The smallest absolute Gasteiger partial charge is 0.262 e. The van der Waals surface area contributed by atoms with Gasteiger partial charge in [-0.15, -0.1) is 0 Å². The number of aryl methyl sites for hydroxylation is 3. The van der Waals surface area contributed by atoms with Gasteiger partial charge in [0.2, 0.25) is 0 Å². The number of nitrogens with one attached hydrogen (secondary N) is 2. The van der Waals surface area contributed by atoms with Crippen molar-refractivity contribution in [2.45, 2.75) is 25.7 Å². The fourth-order valence-electron chi connectivity index (χ4n) is 3.01. The molecule has 0 aliphatic carbocycles. The minimum absolute atomic E-state index is 0.0293. The Labute approximate surface area is 181 Å². The molecule has 8 heteroatoms. The molecule has 0 fully saturated rings. The van der Waals surface area contributed by atoms with Gasteiger partial charge in [0.05, 0.1) is 4.90 Å². The SMILES string of the molecule is Cc1cc(S(=O)(=O)Nc2ccc(F)cc2)ccc1OCC(=O)Nc1c(C)cccc1C. The van der Waals surface area contributed by atoms with E-state index in [9.17, 15) is 17.6 Å². The molecule has 0 heterocycles. The quantitative estimate of drug-likeness (QED) is 0.561. The number of para-hydroxylation sites is 1. The molecule has 0 bridgehead atoms. The molecule has 3 rings (SSSR count). The Balaban J connectivity index is 1.66. The number of rotatable bonds is 7. The normalized spacial score (nSPS) is 11.1. The molecule has 6 nitrogen and oxygen atoms in total. The fourth-order valence-corrected chi connectivity index (χ4v) is 4.16. The summed E-state index contributed by atoms with van der Waals surface area (Å²) >= 11 is 0. The maximum atomic E-state index is 13.0. The fraction of sp³-hybridized carbons (Fsp3) is 0.174. The van der Waals surface area contributed by atoms with Crippen LogP contribution in [-0.2, 0) is 14.8 Å². The van der Waals surface area contributed by atoms with Crippen LogP contribution in [0.4, 0.5) is 15.8 Å². The molecule has 2 N–H and O–H groups in total. The first-order chi connectivity index (χ1) is 14.7. The zero-order valence-corrected chi connectivity index (χ0v) is 18.2. The van der Waals surface area contributed by atoms with E-state index >= 15 is 0 Å². The van der Waals surface area contributed by atoms with Crippen LogP contribution < -0.4 is 14.8 Å². The molecule has 0 atom stereocenters. The first kappa shape index (κ1) is 22.3. The molecule has 0 radical (unpaired) electrons. The largest absolute Gasteiger partial charge is 0.483 e. The molecule has 0 saturated heterocycles. The van der Waals surface area contributed by atoms with E-state index in [1.165, 1.54) is 42.5 Å². The average molecular weight is 443 g/mol. The zero-order valence-electron chi connectivity index (χ0n) is 17.4. The summed E-state index contributed by atoms with van der Waals surface area (Å²) in [6, 6.07) is 15.1. The maximum Gasteiger partial charge on any atom is 0.262 e. The Hall–Kier alpha value is -3.39. The standard InChI is InChI=1S/C23H23FN2O4S/c1-15-5-4-6-16(2)23(15)25-22(27)14-30-21-12-11-20(13-17(21)3)31(28,29)26-19-9-7-18(24)8-10-19/h4-13,26H,14H2,1-3H3,(H,25,27). The van der Waals surface area contributed by atoms with Crippen LogP contribution >= 0.6 is 0 Å². The number of carbonyl (C=O) groups is 1. The van der Waals surface area contributed by atoms with Crippen molar-refractivity contribution in [3.63, 3.8) is 0 Å². The van der Waals surface area contributed by atoms with E-state index in [4.69, 9.17) is 4.74 Å². The van der Waals surface area contributed by atoms with Crippen molar-refractivity contribution < 1.29 is 22.3 Å². The van der Waals surface area contributed by atoms with Crippen LogP contribution in [0.25, 0.3) is 0 Å². The van der Waals surface area contributed by atoms with Crippen molar-refractivity contribution in [3.05, 3.63) is 83.2 Å². The number of amides is 1. The maximum absolute atomic E-state index is 13.0. The first-order valence-electron chi connectivity index (χ1n) is 9.53. The van der Waals surface area contributed by atoms with Gasteiger partial charge in [-0.2, -0.15) is 0 Å². The van der Waals surface area contributed by atoms with Gasteiger partial charge in [-0.1, -0.05) is 18.2 Å². The molecular formula is C23H23FN2O4S. The van der Waals surface area contributed by atoms with Crippen LogP contribution in [-0.4, -0.2) is 20.9 Å². The molecule has 1 amide bonds. The lowest BCUT2D eigenvalue weighted by atomic mass is 10.1. The van der Waals surface area contributed by atoms with Gasteiger partial charge in [0, 0.05) is 11.4 Å². The van der Waals surface area contributed by atoms with Gasteiger partial charge in [-0.3, -0.25) is 9.52 Å². The number of anilines is 2. The van der Waals surface area contributed by atoms with Gasteiger partial charge >= 0.3 is 0 Å². The van der Waals surface area contributed by atoms with Crippen LogP contribution in [0.1, 0.15) is 16.7 Å². The number of sulfonamides is 1. The molecule has 0 unspecified atom stereocenters. The summed E-state index contributed by atoms with van der Waals surface area (Å²) in [5.41, 5.74) is 3.46. The van der Waals surface area contributed by atoms with Crippen LogP contribution in [0.3, 0.4) is 0 Å². The Morgan fingerprint density at radius 3 is 2.19 bits per heavy atom. The van der Waals surface area contributed by atoms with E-state index in [1.54, 1.807) is 6.92 Å². The summed E-state index contributed by atoms with van der Waals surface area (Å²) in [4.78, 5) is 12.3. The summed E-state index contributed by atoms with van der Waals surface area (Å²) < 4.78 is 46.1. The van der Waals surface area contributed by atoms with Crippen LogP contribution in [0.15, 0.2) is 65.6 Å². The van der Waals surface area contributed by atoms with Crippen molar-refractivity contribution in [3.8, 4) is 5.75 Å². The lowest BCUT2D eigenvalue weighted by Gasteiger charge is -2.14. The van der Waals surface area contributed by atoms with Crippen molar-refractivity contribution >= 4 is 27.3 Å². The Kier molecular flexibility index (Phi) is 6.60. The van der Waals surface area contributed by atoms with Gasteiger partial charge in [0.15, 0.2) is 6.61 Å². The lowest BCUT2D eigenvalue weighted by Crippen LogP contribution is -2.21. The number of ether oxygens (including phenoxy) is 1. The molecule has 162 valence electrons. The zero-order chi connectivity index (χ0) is 22.6. The Bertz CT molecular complexity index is 1190. The third-order valence-electron chi connectivity index (χ3n) is 4.66. The van der Waals surface area contributed by atoms with E-state index in [0.29, 0.717) is 11.3 Å². The van der Waals surface area contributed by atoms with E-state index < -0.39 is 15.8 Å². The van der Waals surface area contributed by atoms with E-state index in [1.807, 2.05) is 32.0 Å². The van der Waals surface area contributed by atoms with Crippen LogP contribution in [0.2, 0.25) is 0 Å². The molecule has 0 aliphatic rings. The van der Waals surface area contributed by atoms with Gasteiger partial charge < -0.3 is 10.1 Å². The molecule has 0 spiro atoms. The van der Waals surface area contributed by atoms with Crippen LogP contribution in [0, 0.1) is 26.6 Å². The number of hydrogen-bond acceptors (Lipinski definition) is 4. The summed E-state index contributed by atoms with van der Waals surface area (Å²) in [6.07, 6.45) is 0. The highest BCUT2D eigenvalue weighted by Gasteiger charge is 2.16. The summed E-state index contributed by atoms with van der Waals surface area (Å²) in [7, 11) is -3.85. The third kappa shape index (κ3) is 5.61. The lowest BCUT2D eigenvalue weighted by molar-refractivity contribution is -0.118. The molecule has 0 aromatic heterocycles. The highest BCUT2D eigenvalue weighted by atomic mass is 32.2. The minimum Gasteiger partial charge on any atom is -0.483 e. The average Bonchev–Trinajstić information content (AvgIpc) is 2.71. The van der Waals surface area contributed by atoms with Gasteiger partial charge in [-0.25, -0.2) is 12.8 Å². The van der Waals surface area contributed by atoms with Gasteiger partial charge in [0.25, 0.3) is 15.9 Å². The summed E-state index contributed by atoms with van der Waals surface area (Å²) in [6.45, 7) is 5.30. The first-order valence-corrected chi connectivity index (χ1v) is 11.0. The van der Waals surface area contributed by atoms with E-state index in [2.05, 4.69) is 10.0 Å². The van der Waals surface area contributed by atoms with Crippen molar-refractivity contribution in [2.75, 3.05) is 16.6 Å². The minimum atomic E-state index is -3.85. The second-order valence-electron chi connectivity index (χ2n) is 7.14. The van der Waals surface area contributed by atoms with Gasteiger partial charge in [0.1, 0.15) is 11.6 Å². The number of halogens is 1. The predicted octanol–water partition coefficient (Wildman–Crippen LogP) is 4.57. The monoisotopic (exact) mass is 442 g/mol. The molecule has 3 aromatic rings. The molecule has 0 aliphatic heterocycles. The Morgan fingerprint density at radius 1 is 0.935 bits per heavy atom. The van der Waals surface area contributed by atoms with E-state index in [0.717, 1.165) is 16.8 Å². The molecular weight excluding hydrogens is 419 g/mol. The third-order valence-corrected chi connectivity index (χ3v) is 6.04. The van der Waals surface area contributed by atoms with Crippen molar-refractivity contribution in [1.29, 1.82) is 0 Å². The highest BCUT2D eigenvalue weighted by molar-refractivity contribution is 7.92. The summed E-state index contributed by atoms with van der Waals surface area (Å²) in [5.74, 6) is -0.370. The second kappa shape index (κ2) is 9.18. The molecule has 0 saturated carbocycles. The summed E-state index contributed by atoms with van der Waals surface area (Å²) in [5, 5.41) is 2.84. The topological polar surface area (TPSA) is 84.5 Å². The predicted molar refractivity (Wildman–Crippen MR) is 118 cm³/mol. The van der Waals surface area contributed by atoms with Gasteiger partial charge in [-0.05, 0) is 79.9 Å². The Morgan fingerprint density at radius 2 is 1.58 bits per heavy atom. The number of carbonyl (C=O) groups excluding carboxylic acids is 1. The number of hydrogen-bond donors (Lipinski definition) is 2. The van der Waals surface area contributed by atoms with Crippen molar-refractivity contribution in [2.24, 2.45) is 0 Å². The van der Waals surface area contributed by atoms with E-state index in [-0.39, 0.29) is 23.1 Å². The number of benzene rings is 3. The second-order valence-corrected chi connectivity index (χ2v) is 8.83. The van der Waals surface area contributed by atoms with Crippen molar-refractivity contribution in [1.82, 2.24) is 0 Å². The van der Waals surface area contributed by atoms with Crippen LogP contribution in [0.5, 0.6) is 5.75 Å².